The van der Waals surface area contributed by atoms with Crippen LogP contribution in [0, 0.1) is 10.1 Å². The molecule has 8 nitrogen and oxygen atoms in total. The van der Waals surface area contributed by atoms with Crippen LogP contribution in [0.3, 0.4) is 0 Å². The molecule has 148 valence electrons. The summed E-state index contributed by atoms with van der Waals surface area (Å²) < 4.78 is 5.69. The number of para-hydroxylation sites is 1. The van der Waals surface area contributed by atoms with Crippen molar-refractivity contribution >= 4 is 17.5 Å². The molecule has 3 aromatic rings. The van der Waals surface area contributed by atoms with Crippen molar-refractivity contribution in [2.45, 2.75) is 12.6 Å². The minimum Gasteiger partial charge on any atom is -0.377 e. The van der Waals surface area contributed by atoms with E-state index in [1.165, 1.54) is 11.6 Å². The first-order valence-electron chi connectivity index (χ1n) is 9.41. The second-order valence-corrected chi connectivity index (χ2v) is 6.67. The predicted molar refractivity (Wildman–Crippen MR) is 110 cm³/mol. The van der Waals surface area contributed by atoms with E-state index in [0.717, 1.165) is 12.4 Å². The molecule has 0 bridgehead atoms. The van der Waals surface area contributed by atoms with Crippen LogP contribution in [0.1, 0.15) is 17.2 Å². The average Bonchev–Trinajstić information content (AvgIpc) is 2.78. The van der Waals surface area contributed by atoms with Crippen LogP contribution in [-0.2, 0) is 11.3 Å². The largest absolute Gasteiger partial charge is 0.377 e. The maximum Gasteiger partial charge on any atom is 0.274 e. The molecule has 0 spiro atoms. The van der Waals surface area contributed by atoms with Gasteiger partial charge in [-0.15, -0.1) is 0 Å². The zero-order valence-corrected chi connectivity index (χ0v) is 15.8. The normalized spacial score (nSPS) is 16.4. The highest BCUT2D eigenvalue weighted by atomic mass is 16.6. The number of nitro groups is 1. The Kier molecular flexibility index (Phi) is 5.62. The molecule has 0 radical (unpaired) electrons. The van der Waals surface area contributed by atoms with Gasteiger partial charge in [0.05, 0.1) is 24.2 Å². The lowest BCUT2D eigenvalue weighted by Gasteiger charge is -2.36. The number of rotatable bonds is 6. The van der Waals surface area contributed by atoms with E-state index in [9.17, 15) is 10.1 Å². The van der Waals surface area contributed by atoms with Crippen molar-refractivity contribution in [3.8, 4) is 0 Å². The summed E-state index contributed by atoms with van der Waals surface area (Å²) in [7, 11) is 0. The molecule has 4 rings (SSSR count). The van der Waals surface area contributed by atoms with Gasteiger partial charge in [0.1, 0.15) is 5.82 Å². The van der Waals surface area contributed by atoms with E-state index in [1.807, 2.05) is 24.3 Å². The molecule has 2 heterocycles. The number of nitrogens with zero attached hydrogens (tertiary/aromatic N) is 4. The second-order valence-electron chi connectivity index (χ2n) is 6.67. The van der Waals surface area contributed by atoms with Crippen LogP contribution in [-0.4, -0.2) is 34.6 Å². The molecule has 1 unspecified atom stereocenters. The Balaban J connectivity index is 1.53. The molecule has 1 saturated heterocycles. The SMILES string of the molecule is O=[N+]([O-])c1ccccc1CNc1nccc(N2CCOCC2c2ccccc2)n1. The Morgan fingerprint density at radius 2 is 1.93 bits per heavy atom. The smallest absolute Gasteiger partial charge is 0.274 e. The van der Waals surface area contributed by atoms with E-state index in [1.54, 1.807) is 24.4 Å². The molecule has 1 N–H and O–H groups in total. The zero-order chi connectivity index (χ0) is 20.1. The first-order chi connectivity index (χ1) is 14.2. The highest BCUT2D eigenvalue weighted by molar-refractivity contribution is 5.47. The van der Waals surface area contributed by atoms with Crippen molar-refractivity contribution in [2.24, 2.45) is 0 Å². The lowest BCUT2D eigenvalue weighted by atomic mass is 10.1. The van der Waals surface area contributed by atoms with Gasteiger partial charge in [0.25, 0.3) is 5.69 Å². The summed E-state index contributed by atoms with van der Waals surface area (Å²) in [6, 6.07) is 18.8. The number of hydrogen-bond acceptors (Lipinski definition) is 7. The third-order valence-electron chi connectivity index (χ3n) is 4.87. The molecule has 8 heteroatoms. The number of ether oxygens (including phenoxy) is 1. The van der Waals surface area contributed by atoms with Crippen LogP contribution in [0.15, 0.2) is 66.9 Å². The molecule has 1 aliphatic rings. The number of hydrogen-bond donors (Lipinski definition) is 1. The molecule has 1 atom stereocenters. The van der Waals surface area contributed by atoms with E-state index in [-0.39, 0.29) is 23.2 Å². The van der Waals surface area contributed by atoms with Crippen LogP contribution >= 0.6 is 0 Å². The lowest BCUT2D eigenvalue weighted by molar-refractivity contribution is -0.385. The molecular weight excluding hydrogens is 370 g/mol. The predicted octanol–water partition coefficient (Wildman–Crippen LogP) is 3.57. The van der Waals surface area contributed by atoms with Gasteiger partial charge in [-0.1, -0.05) is 48.5 Å². The Morgan fingerprint density at radius 3 is 2.76 bits per heavy atom. The van der Waals surface area contributed by atoms with Gasteiger partial charge >= 0.3 is 0 Å². The Hall–Kier alpha value is -3.52. The molecule has 0 saturated carbocycles. The van der Waals surface area contributed by atoms with Crippen molar-refractivity contribution in [3.63, 3.8) is 0 Å². The molecule has 1 fully saturated rings. The first kappa shape index (κ1) is 18.8. The quantitative estimate of drug-likeness (QED) is 0.507. The fourth-order valence-electron chi connectivity index (χ4n) is 3.44. The van der Waals surface area contributed by atoms with Gasteiger partial charge in [0, 0.05) is 30.9 Å². The van der Waals surface area contributed by atoms with E-state index in [0.29, 0.717) is 24.7 Å². The maximum atomic E-state index is 11.2. The summed E-state index contributed by atoms with van der Waals surface area (Å²) in [6.07, 6.45) is 1.70. The minimum absolute atomic E-state index is 0.0721. The average molecular weight is 391 g/mol. The Bertz CT molecular complexity index is 983. The van der Waals surface area contributed by atoms with E-state index in [2.05, 4.69) is 32.3 Å². The van der Waals surface area contributed by atoms with Gasteiger partial charge in [-0.05, 0) is 11.6 Å². The minimum atomic E-state index is -0.382. The van der Waals surface area contributed by atoms with Crippen LogP contribution in [0.5, 0.6) is 0 Å². The van der Waals surface area contributed by atoms with Crippen molar-refractivity contribution in [2.75, 3.05) is 30.0 Å². The van der Waals surface area contributed by atoms with Gasteiger partial charge in [0.15, 0.2) is 0 Å². The Labute approximate surface area is 168 Å². The number of aromatic nitrogens is 2. The molecular formula is C21H21N5O3. The number of morpholine rings is 1. The Morgan fingerprint density at radius 1 is 1.14 bits per heavy atom. The van der Waals surface area contributed by atoms with E-state index < -0.39 is 0 Å². The first-order valence-corrected chi connectivity index (χ1v) is 9.41. The third-order valence-corrected chi connectivity index (χ3v) is 4.87. The molecule has 29 heavy (non-hydrogen) atoms. The number of nitro benzene ring substituents is 1. The fourth-order valence-corrected chi connectivity index (χ4v) is 3.44. The molecule has 0 amide bonds. The molecule has 1 aliphatic heterocycles. The van der Waals surface area contributed by atoms with Crippen molar-refractivity contribution < 1.29 is 9.66 Å². The number of nitrogens with one attached hydrogen (secondary N) is 1. The van der Waals surface area contributed by atoms with Gasteiger partial charge in [-0.2, -0.15) is 4.98 Å². The zero-order valence-electron chi connectivity index (χ0n) is 15.8. The van der Waals surface area contributed by atoms with Gasteiger partial charge in [-0.3, -0.25) is 10.1 Å². The number of anilines is 2. The van der Waals surface area contributed by atoms with Crippen LogP contribution in [0.4, 0.5) is 17.5 Å². The molecule has 1 aromatic heterocycles. The highest BCUT2D eigenvalue weighted by Crippen LogP contribution is 2.29. The molecule has 2 aromatic carbocycles. The van der Waals surface area contributed by atoms with Crippen LogP contribution in [0.25, 0.3) is 0 Å². The topological polar surface area (TPSA) is 93.4 Å². The highest BCUT2D eigenvalue weighted by Gasteiger charge is 2.26. The summed E-state index contributed by atoms with van der Waals surface area (Å²) in [5.41, 5.74) is 1.83. The van der Waals surface area contributed by atoms with E-state index >= 15 is 0 Å². The lowest BCUT2D eigenvalue weighted by Crippen LogP contribution is -2.40. The monoisotopic (exact) mass is 391 g/mol. The van der Waals surface area contributed by atoms with E-state index in [4.69, 9.17) is 4.74 Å². The van der Waals surface area contributed by atoms with Crippen molar-refractivity contribution in [3.05, 3.63) is 88.1 Å². The third kappa shape index (κ3) is 4.33. The van der Waals surface area contributed by atoms with Crippen molar-refractivity contribution in [1.82, 2.24) is 9.97 Å². The molecule has 0 aliphatic carbocycles. The fraction of sp³-hybridized carbons (Fsp3) is 0.238. The second kappa shape index (κ2) is 8.66. The summed E-state index contributed by atoms with van der Waals surface area (Å²) in [5, 5.41) is 14.3. The van der Waals surface area contributed by atoms with Crippen molar-refractivity contribution in [1.29, 1.82) is 0 Å². The summed E-state index contributed by atoms with van der Waals surface area (Å²) in [4.78, 5) is 21.9. The summed E-state index contributed by atoms with van der Waals surface area (Å²) in [6.45, 7) is 2.21. The van der Waals surface area contributed by atoms with Gasteiger partial charge in [0.2, 0.25) is 5.95 Å². The van der Waals surface area contributed by atoms with Gasteiger partial charge in [-0.25, -0.2) is 4.98 Å². The summed E-state index contributed by atoms with van der Waals surface area (Å²) >= 11 is 0. The standard InChI is InChI=1S/C21H21N5O3/c27-26(28)18-9-5-4-8-17(18)14-23-21-22-11-10-20(24-21)25-12-13-29-15-19(25)16-6-2-1-3-7-16/h1-11,19H,12-15H2,(H,22,23,24). The maximum absolute atomic E-state index is 11.2. The summed E-state index contributed by atoms with van der Waals surface area (Å²) in [5.74, 6) is 1.22. The van der Waals surface area contributed by atoms with Crippen LogP contribution in [0.2, 0.25) is 0 Å². The van der Waals surface area contributed by atoms with Gasteiger partial charge < -0.3 is 15.0 Å². The van der Waals surface area contributed by atoms with Crippen LogP contribution < -0.4 is 10.2 Å². The number of benzene rings is 2.